The lowest BCUT2D eigenvalue weighted by Crippen LogP contribution is -2.28. The zero-order chi connectivity index (χ0) is 22.8. The number of aromatic nitrogens is 5. The van der Waals surface area contributed by atoms with Crippen LogP contribution in [0.25, 0.3) is 10.9 Å². The molecule has 0 amide bonds. The molecule has 1 aromatic carbocycles. The Bertz CT molecular complexity index is 1290. The number of fused-ring (bicyclic) bond motifs is 1. The molecule has 0 radical (unpaired) electrons. The van der Waals surface area contributed by atoms with Crippen molar-refractivity contribution in [3.05, 3.63) is 75.2 Å². The molecule has 1 aliphatic rings. The molecule has 0 bridgehead atoms. The molecule has 1 fully saturated rings. The van der Waals surface area contributed by atoms with Gasteiger partial charge < -0.3 is 14.1 Å². The number of tetrazole rings is 1. The Morgan fingerprint density at radius 1 is 1.18 bits per heavy atom. The topological polar surface area (TPSA) is 102 Å². The number of benzene rings is 1. The van der Waals surface area contributed by atoms with Crippen molar-refractivity contribution < 1.29 is 9.15 Å². The summed E-state index contributed by atoms with van der Waals surface area (Å²) in [4.78, 5) is 18.2. The predicted octanol–water partition coefficient (Wildman–Crippen LogP) is 3.11. The highest BCUT2D eigenvalue weighted by Crippen LogP contribution is 2.21. The smallest absolute Gasteiger partial charge is 0.252 e. The van der Waals surface area contributed by atoms with E-state index in [1.54, 1.807) is 6.26 Å². The minimum Gasteiger partial charge on any atom is -0.468 e. The molecule has 172 valence electrons. The van der Waals surface area contributed by atoms with Gasteiger partial charge in [0.25, 0.3) is 5.56 Å². The van der Waals surface area contributed by atoms with Gasteiger partial charge in [-0.1, -0.05) is 12.1 Å². The van der Waals surface area contributed by atoms with Crippen molar-refractivity contribution in [2.45, 2.75) is 59.0 Å². The fraction of sp³-hybridized carbons (Fsp3) is 0.417. The molecule has 9 heteroatoms. The molecule has 0 spiro atoms. The molecule has 3 aromatic heterocycles. The number of pyridine rings is 1. The Kier molecular flexibility index (Phi) is 6.06. The third-order valence-corrected chi connectivity index (χ3v) is 6.25. The van der Waals surface area contributed by atoms with Crippen LogP contribution in [0, 0.1) is 13.8 Å². The van der Waals surface area contributed by atoms with Gasteiger partial charge in [0.15, 0.2) is 5.82 Å². The van der Waals surface area contributed by atoms with E-state index >= 15 is 0 Å². The highest BCUT2D eigenvalue weighted by Gasteiger charge is 2.21. The molecule has 0 saturated carbocycles. The number of hydrogen-bond donors (Lipinski definition) is 1. The van der Waals surface area contributed by atoms with Gasteiger partial charge in [-0.2, -0.15) is 0 Å². The summed E-state index contributed by atoms with van der Waals surface area (Å²) in [6.07, 6.45) is 3.88. The van der Waals surface area contributed by atoms with Gasteiger partial charge in [-0.15, -0.1) is 5.10 Å². The summed E-state index contributed by atoms with van der Waals surface area (Å²) >= 11 is 0. The van der Waals surface area contributed by atoms with Crippen molar-refractivity contribution in [2.24, 2.45) is 0 Å². The summed E-state index contributed by atoms with van der Waals surface area (Å²) in [6.45, 7) is 6.93. The first-order valence-corrected chi connectivity index (χ1v) is 11.3. The van der Waals surface area contributed by atoms with Crippen LogP contribution in [0.4, 0.5) is 0 Å². The minimum absolute atomic E-state index is 0.0837. The van der Waals surface area contributed by atoms with E-state index in [1.807, 2.05) is 35.9 Å². The van der Waals surface area contributed by atoms with E-state index in [1.165, 1.54) is 0 Å². The summed E-state index contributed by atoms with van der Waals surface area (Å²) in [7, 11) is 0. The van der Waals surface area contributed by atoms with Gasteiger partial charge in [0, 0.05) is 24.1 Å². The second-order valence-electron chi connectivity index (χ2n) is 8.75. The summed E-state index contributed by atoms with van der Waals surface area (Å²) in [5.74, 6) is 1.55. The second kappa shape index (κ2) is 9.29. The fourth-order valence-electron chi connectivity index (χ4n) is 4.43. The van der Waals surface area contributed by atoms with Crippen LogP contribution < -0.4 is 5.56 Å². The van der Waals surface area contributed by atoms with Crippen molar-refractivity contribution in [1.82, 2.24) is 30.1 Å². The van der Waals surface area contributed by atoms with Gasteiger partial charge in [0.1, 0.15) is 5.76 Å². The third kappa shape index (κ3) is 4.74. The van der Waals surface area contributed by atoms with Gasteiger partial charge in [-0.3, -0.25) is 9.69 Å². The van der Waals surface area contributed by atoms with E-state index in [9.17, 15) is 4.79 Å². The summed E-state index contributed by atoms with van der Waals surface area (Å²) in [6, 6.07) is 9.91. The predicted molar refractivity (Wildman–Crippen MR) is 122 cm³/mol. The maximum Gasteiger partial charge on any atom is 0.252 e. The molecular formula is C24H28N6O3. The average molecular weight is 449 g/mol. The molecular weight excluding hydrogens is 420 g/mol. The van der Waals surface area contributed by atoms with Crippen LogP contribution in [0.3, 0.4) is 0 Å². The molecule has 1 saturated heterocycles. The van der Waals surface area contributed by atoms with Crippen molar-refractivity contribution in [2.75, 3.05) is 6.61 Å². The minimum atomic E-state index is -0.0837. The summed E-state index contributed by atoms with van der Waals surface area (Å²) in [5, 5.41) is 13.4. The maximum absolute atomic E-state index is 13.0. The Morgan fingerprint density at radius 3 is 2.85 bits per heavy atom. The first-order valence-electron chi connectivity index (χ1n) is 11.3. The fourth-order valence-corrected chi connectivity index (χ4v) is 4.43. The number of H-pyrrole nitrogens is 1. The zero-order valence-corrected chi connectivity index (χ0v) is 19.0. The Balaban J connectivity index is 1.43. The summed E-state index contributed by atoms with van der Waals surface area (Å²) in [5.41, 5.74) is 3.69. The van der Waals surface area contributed by atoms with E-state index in [2.05, 4.69) is 38.4 Å². The lowest BCUT2D eigenvalue weighted by Gasteiger charge is -2.21. The van der Waals surface area contributed by atoms with Crippen LogP contribution >= 0.6 is 0 Å². The molecule has 1 aliphatic heterocycles. The number of aryl methyl sites for hydroxylation is 2. The normalized spacial score (nSPS) is 16.3. The highest BCUT2D eigenvalue weighted by molar-refractivity contribution is 5.85. The van der Waals surface area contributed by atoms with Gasteiger partial charge in [0.2, 0.25) is 0 Å². The number of aromatic amines is 1. The van der Waals surface area contributed by atoms with Crippen LogP contribution in [0.15, 0.2) is 45.8 Å². The zero-order valence-electron chi connectivity index (χ0n) is 19.0. The summed E-state index contributed by atoms with van der Waals surface area (Å²) < 4.78 is 13.2. The van der Waals surface area contributed by atoms with E-state index in [4.69, 9.17) is 9.15 Å². The third-order valence-electron chi connectivity index (χ3n) is 6.25. The largest absolute Gasteiger partial charge is 0.468 e. The molecule has 9 nitrogen and oxygen atoms in total. The lowest BCUT2D eigenvalue weighted by molar-refractivity contribution is 0.0913. The van der Waals surface area contributed by atoms with Crippen LogP contribution in [-0.4, -0.2) is 42.8 Å². The molecule has 1 atom stereocenters. The first-order chi connectivity index (χ1) is 16.1. The average Bonchev–Trinajstić information content (AvgIpc) is 3.57. The molecule has 5 rings (SSSR count). The molecule has 33 heavy (non-hydrogen) atoms. The number of furan rings is 1. The standard InChI is InChI=1S/C24H28N6O3/c1-16-7-8-17(2)23-21(16)11-18(24(31)25-23)12-29(13-19-5-3-9-32-19)15-22-26-27-28-30(22)14-20-6-4-10-33-20/h3,5,7-9,11,20H,4,6,10,12-15H2,1-2H3,(H,25,31). The van der Waals surface area contributed by atoms with Gasteiger partial charge in [0.05, 0.1) is 37.5 Å². The van der Waals surface area contributed by atoms with Gasteiger partial charge in [-0.05, 0) is 66.4 Å². The molecule has 0 aliphatic carbocycles. The number of ether oxygens (including phenoxy) is 1. The number of hydrogen-bond acceptors (Lipinski definition) is 7. The van der Waals surface area contributed by atoms with Crippen molar-refractivity contribution in [3.8, 4) is 0 Å². The maximum atomic E-state index is 13.0. The van der Waals surface area contributed by atoms with Crippen LogP contribution in [0.2, 0.25) is 0 Å². The quantitative estimate of drug-likeness (QED) is 0.442. The van der Waals surface area contributed by atoms with E-state index < -0.39 is 0 Å². The second-order valence-corrected chi connectivity index (χ2v) is 8.75. The highest BCUT2D eigenvalue weighted by atomic mass is 16.5. The van der Waals surface area contributed by atoms with Crippen LogP contribution in [0.5, 0.6) is 0 Å². The van der Waals surface area contributed by atoms with Gasteiger partial charge >= 0.3 is 0 Å². The van der Waals surface area contributed by atoms with Crippen LogP contribution in [-0.2, 0) is 30.9 Å². The monoisotopic (exact) mass is 448 g/mol. The molecule has 1 N–H and O–H groups in total. The van der Waals surface area contributed by atoms with E-state index in [0.29, 0.717) is 31.7 Å². The lowest BCUT2D eigenvalue weighted by atomic mass is 10.0. The van der Waals surface area contributed by atoms with Crippen molar-refractivity contribution in [1.29, 1.82) is 0 Å². The molecule has 4 heterocycles. The molecule has 1 unspecified atom stereocenters. The Morgan fingerprint density at radius 2 is 2.06 bits per heavy atom. The van der Waals surface area contributed by atoms with E-state index in [0.717, 1.165) is 53.1 Å². The van der Waals surface area contributed by atoms with Crippen LogP contribution in [0.1, 0.15) is 41.1 Å². The van der Waals surface area contributed by atoms with Crippen molar-refractivity contribution in [3.63, 3.8) is 0 Å². The molecule has 4 aromatic rings. The number of rotatable bonds is 8. The number of nitrogens with one attached hydrogen (secondary N) is 1. The Labute approximate surface area is 191 Å². The first kappa shape index (κ1) is 21.5. The Hall–Kier alpha value is -3.30. The number of nitrogens with zero attached hydrogens (tertiary/aromatic N) is 5. The van der Waals surface area contributed by atoms with E-state index in [-0.39, 0.29) is 11.7 Å². The SMILES string of the molecule is Cc1ccc(C)c2[nH]c(=O)c(CN(Cc3ccco3)Cc3nnnn3CC3CCCO3)cc12. The van der Waals surface area contributed by atoms with Crippen molar-refractivity contribution >= 4 is 10.9 Å². The van der Waals surface area contributed by atoms with Gasteiger partial charge in [-0.25, -0.2) is 4.68 Å².